The summed E-state index contributed by atoms with van der Waals surface area (Å²) in [5.74, 6) is 0. The minimum absolute atomic E-state index is 0.368. The van der Waals surface area contributed by atoms with E-state index in [4.69, 9.17) is 14.2 Å². The third kappa shape index (κ3) is 4.95. The van der Waals surface area contributed by atoms with Gasteiger partial charge in [0, 0.05) is 13.2 Å². The first-order valence-corrected chi connectivity index (χ1v) is 7.51. The van der Waals surface area contributed by atoms with E-state index in [-0.39, 0.29) is 6.61 Å². The molecule has 0 saturated carbocycles. The predicted octanol–water partition coefficient (Wildman–Crippen LogP) is 0.427. The maximum absolute atomic E-state index is 10.2. The van der Waals surface area contributed by atoms with Crippen molar-refractivity contribution < 1.29 is 29.5 Å². The van der Waals surface area contributed by atoms with Crippen molar-refractivity contribution in [2.75, 3.05) is 19.8 Å². The SMILES string of the molecule is CCCCO[C@@H]1[C@@H](OCCCC)[C@H](O)[C@@H](CO)O[C@H]1O. The molecule has 0 bridgehead atoms. The Kier molecular flexibility index (Phi) is 8.60. The molecule has 120 valence electrons. The summed E-state index contributed by atoms with van der Waals surface area (Å²) in [5.41, 5.74) is 0. The van der Waals surface area contributed by atoms with Crippen molar-refractivity contribution >= 4 is 0 Å². The van der Waals surface area contributed by atoms with E-state index in [0.717, 1.165) is 25.7 Å². The van der Waals surface area contributed by atoms with E-state index >= 15 is 0 Å². The molecule has 20 heavy (non-hydrogen) atoms. The molecule has 0 aromatic rings. The summed E-state index contributed by atoms with van der Waals surface area (Å²) in [6.45, 7) is 4.68. The highest BCUT2D eigenvalue weighted by atomic mass is 16.7. The van der Waals surface area contributed by atoms with Crippen molar-refractivity contribution in [3.63, 3.8) is 0 Å². The summed E-state index contributed by atoms with van der Waals surface area (Å²) in [5, 5.41) is 29.3. The van der Waals surface area contributed by atoms with Crippen LogP contribution in [0.2, 0.25) is 0 Å². The second-order valence-corrected chi connectivity index (χ2v) is 5.12. The molecule has 1 rings (SSSR count). The normalized spacial score (nSPS) is 34.4. The van der Waals surface area contributed by atoms with Gasteiger partial charge >= 0.3 is 0 Å². The van der Waals surface area contributed by atoms with E-state index in [0.29, 0.717) is 13.2 Å². The minimum Gasteiger partial charge on any atom is -0.394 e. The van der Waals surface area contributed by atoms with Crippen LogP contribution in [0, 0.1) is 0 Å². The Hall–Kier alpha value is -0.240. The number of unbranched alkanes of at least 4 members (excludes halogenated alkanes) is 2. The second kappa shape index (κ2) is 9.65. The fourth-order valence-corrected chi connectivity index (χ4v) is 2.15. The molecule has 0 aromatic heterocycles. The highest BCUT2D eigenvalue weighted by molar-refractivity contribution is 4.90. The van der Waals surface area contributed by atoms with Gasteiger partial charge in [0.2, 0.25) is 0 Å². The van der Waals surface area contributed by atoms with Crippen molar-refractivity contribution in [1.82, 2.24) is 0 Å². The van der Waals surface area contributed by atoms with E-state index < -0.39 is 30.7 Å². The predicted molar refractivity (Wildman–Crippen MR) is 73.3 cm³/mol. The van der Waals surface area contributed by atoms with Gasteiger partial charge in [-0.2, -0.15) is 0 Å². The third-order valence-electron chi connectivity index (χ3n) is 3.43. The fraction of sp³-hybridized carbons (Fsp3) is 1.00. The minimum atomic E-state index is -1.20. The first kappa shape index (κ1) is 17.8. The van der Waals surface area contributed by atoms with E-state index in [1.54, 1.807) is 0 Å². The summed E-state index contributed by atoms with van der Waals surface area (Å²) >= 11 is 0. The summed E-state index contributed by atoms with van der Waals surface area (Å²) in [6.07, 6.45) is -0.765. The van der Waals surface area contributed by atoms with Gasteiger partial charge in [0.1, 0.15) is 24.4 Å². The van der Waals surface area contributed by atoms with Crippen LogP contribution in [0.15, 0.2) is 0 Å². The Labute approximate surface area is 120 Å². The molecule has 1 fully saturated rings. The maximum atomic E-state index is 10.2. The van der Waals surface area contributed by atoms with Gasteiger partial charge in [-0.25, -0.2) is 0 Å². The van der Waals surface area contributed by atoms with E-state index in [1.807, 2.05) is 13.8 Å². The molecule has 0 radical (unpaired) electrons. The molecule has 1 aliphatic heterocycles. The van der Waals surface area contributed by atoms with Crippen molar-refractivity contribution in [2.45, 2.75) is 70.2 Å². The third-order valence-corrected chi connectivity index (χ3v) is 3.43. The molecule has 0 aliphatic carbocycles. The van der Waals surface area contributed by atoms with Crippen molar-refractivity contribution in [2.24, 2.45) is 0 Å². The Balaban J connectivity index is 2.63. The molecule has 3 N–H and O–H groups in total. The second-order valence-electron chi connectivity index (χ2n) is 5.12. The van der Waals surface area contributed by atoms with Crippen LogP contribution < -0.4 is 0 Å². The van der Waals surface area contributed by atoms with Gasteiger partial charge in [0.15, 0.2) is 6.29 Å². The molecule has 0 spiro atoms. The van der Waals surface area contributed by atoms with Crippen molar-refractivity contribution in [3.8, 4) is 0 Å². The quantitative estimate of drug-likeness (QED) is 0.534. The van der Waals surface area contributed by atoms with Crippen molar-refractivity contribution in [1.29, 1.82) is 0 Å². The van der Waals surface area contributed by atoms with Gasteiger partial charge < -0.3 is 29.5 Å². The molecule has 5 atom stereocenters. The summed E-state index contributed by atoms with van der Waals surface area (Å²) in [6, 6.07) is 0. The van der Waals surface area contributed by atoms with Crippen LogP contribution in [-0.4, -0.2) is 65.8 Å². The zero-order valence-electron chi connectivity index (χ0n) is 12.4. The molecular formula is C14H28O6. The van der Waals surface area contributed by atoms with Crippen LogP contribution in [0.3, 0.4) is 0 Å². The Morgan fingerprint density at radius 1 is 0.950 bits per heavy atom. The van der Waals surface area contributed by atoms with E-state index in [9.17, 15) is 15.3 Å². The number of hydrogen-bond donors (Lipinski definition) is 3. The van der Waals surface area contributed by atoms with Gasteiger partial charge in [-0.05, 0) is 12.8 Å². The molecule has 6 nitrogen and oxygen atoms in total. The largest absolute Gasteiger partial charge is 0.394 e. The van der Waals surface area contributed by atoms with Crippen LogP contribution in [0.5, 0.6) is 0 Å². The lowest BCUT2D eigenvalue weighted by Crippen LogP contribution is -2.60. The highest BCUT2D eigenvalue weighted by Gasteiger charge is 2.45. The van der Waals surface area contributed by atoms with Gasteiger partial charge in [0.25, 0.3) is 0 Å². The molecule has 1 saturated heterocycles. The highest BCUT2D eigenvalue weighted by Crippen LogP contribution is 2.25. The number of aliphatic hydroxyl groups is 3. The van der Waals surface area contributed by atoms with Gasteiger partial charge in [-0.3, -0.25) is 0 Å². The number of aliphatic hydroxyl groups excluding tert-OH is 3. The van der Waals surface area contributed by atoms with Crippen LogP contribution in [-0.2, 0) is 14.2 Å². The average molecular weight is 292 g/mol. The van der Waals surface area contributed by atoms with Crippen LogP contribution in [0.4, 0.5) is 0 Å². The number of rotatable bonds is 9. The van der Waals surface area contributed by atoms with E-state index in [1.165, 1.54) is 0 Å². The smallest absolute Gasteiger partial charge is 0.184 e. The Morgan fingerprint density at radius 3 is 2.00 bits per heavy atom. The zero-order valence-corrected chi connectivity index (χ0v) is 12.4. The van der Waals surface area contributed by atoms with Crippen LogP contribution in [0.25, 0.3) is 0 Å². The monoisotopic (exact) mass is 292 g/mol. The molecule has 6 heteroatoms. The first-order valence-electron chi connectivity index (χ1n) is 7.51. The molecule has 0 amide bonds. The van der Waals surface area contributed by atoms with Gasteiger partial charge in [-0.15, -0.1) is 0 Å². The van der Waals surface area contributed by atoms with E-state index in [2.05, 4.69) is 0 Å². The zero-order chi connectivity index (χ0) is 15.0. The summed E-state index contributed by atoms with van der Waals surface area (Å²) in [7, 11) is 0. The van der Waals surface area contributed by atoms with Gasteiger partial charge in [0.05, 0.1) is 6.61 Å². The number of hydrogen-bond acceptors (Lipinski definition) is 6. The summed E-state index contributed by atoms with van der Waals surface area (Å²) in [4.78, 5) is 0. The lowest BCUT2D eigenvalue weighted by atomic mass is 9.98. The van der Waals surface area contributed by atoms with Crippen molar-refractivity contribution in [3.05, 3.63) is 0 Å². The first-order chi connectivity index (χ1) is 9.65. The Morgan fingerprint density at radius 2 is 1.50 bits per heavy atom. The molecule has 0 unspecified atom stereocenters. The standard InChI is InChI=1S/C14H28O6/c1-3-5-7-18-12-11(16)10(9-15)20-14(17)13(12)19-8-6-4-2/h10-17H,3-9H2,1-2H3/t10-,11-,12+,13-,14-/m1/s1. The molecule has 1 aliphatic rings. The topological polar surface area (TPSA) is 88.4 Å². The summed E-state index contributed by atoms with van der Waals surface area (Å²) < 4.78 is 16.4. The van der Waals surface area contributed by atoms with Crippen LogP contribution >= 0.6 is 0 Å². The molecule has 1 heterocycles. The molecular weight excluding hydrogens is 264 g/mol. The van der Waals surface area contributed by atoms with Crippen LogP contribution in [0.1, 0.15) is 39.5 Å². The number of ether oxygens (including phenoxy) is 3. The average Bonchev–Trinajstić information content (AvgIpc) is 2.45. The lowest BCUT2D eigenvalue weighted by molar-refractivity contribution is -0.303. The Bertz CT molecular complexity index is 250. The lowest BCUT2D eigenvalue weighted by Gasteiger charge is -2.42. The molecule has 0 aromatic carbocycles. The maximum Gasteiger partial charge on any atom is 0.184 e. The fourth-order valence-electron chi connectivity index (χ4n) is 2.15. The van der Waals surface area contributed by atoms with Gasteiger partial charge in [-0.1, -0.05) is 26.7 Å².